The summed E-state index contributed by atoms with van der Waals surface area (Å²) in [5.74, 6) is -0.815. The van der Waals surface area contributed by atoms with Crippen LogP contribution in [0.15, 0.2) is 0 Å². The summed E-state index contributed by atoms with van der Waals surface area (Å²) in [4.78, 5) is 0. The number of hydrogen-bond donors (Lipinski definition) is 13. The molecule has 19 heteroatoms. The molecule has 3 heterocycles. The van der Waals surface area contributed by atoms with Crippen LogP contribution in [0.4, 0.5) is 0 Å². The SMILES string of the molecule is NCC1OC(COC[C@@H]2C(O)C(OC3C(O[C@@H]4O[C@H](CN)C(O)[C@H](O)[C@@H]4N)[C@@H](N)C[C@H](N)[C@H]3O)O[C@H]2CO)[C@@H](N)[C@@H](O)C1O. The van der Waals surface area contributed by atoms with E-state index in [0.29, 0.717) is 0 Å². The first-order valence-electron chi connectivity index (χ1n) is 14.8. The molecule has 1 aliphatic carbocycles. The maximum atomic E-state index is 11.1. The van der Waals surface area contributed by atoms with Crippen molar-refractivity contribution in [1.82, 2.24) is 0 Å². The van der Waals surface area contributed by atoms with Crippen LogP contribution in [0.5, 0.6) is 0 Å². The molecular weight excluding hydrogens is 592 g/mol. The zero-order chi connectivity index (χ0) is 32.5. The first kappa shape index (κ1) is 36.1. The van der Waals surface area contributed by atoms with Gasteiger partial charge in [0, 0.05) is 31.1 Å². The normalized spacial score (nSPS) is 51.9. The van der Waals surface area contributed by atoms with Gasteiger partial charge in [-0.3, -0.25) is 0 Å². The van der Waals surface area contributed by atoms with Crippen molar-refractivity contribution in [2.75, 3.05) is 32.9 Å². The van der Waals surface area contributed by atoms with Gasteiger partial charge in [-0.05, 0) is 6.42 Å². The molecule has 0 bridgehead atoms. The minimum Gasteiger partial charge on any atom is -0.394 e. The number of ether oxygens (including phenoxy) is 6. The molecule has 3 aliphatic heterocycles. The van der Waals surface area contributed by atoms with Crippen molar-refractivity contribution < 1.29 is 64.2 Å². The molecule has 4 aliphatic rings. The van der Waals surface area contributed by atoms with E-state index in [9.17, 15) is 35.7 Å². The summed E-state index contributed by atoms with van der Waals surface area (Å²) < 4.78 is 34.9. The zero-order valence-electron chi connectivity index (χ0n) is 24.3. The topological polar surface area (TPSA) is 353 Å². The second-order valence-electron chi connectivity index (χ2n) is 12.0. The molecule has 258 valence electrons. The van der Waals surface area contributed by atoms with E-state index >= 15 is 0 Å². The molecule has 0 amide bonds. The maximum Gasteiger partial charge on any atom is 0.184 e. The van der Waals surface area contributed by atoms with Crippen LogP contribution in [0.1, 0.15) is 6.42 Å². The van der Waals surface area contributed by atoms with E-state index in [4.69, 9.17) is 62.8 Å². The molecule has 0 radical (unpaired) electrons. The molecule has 4 fully saturated rings. The Morgan fingerprint density at radius 2 is 1.14 bits per heavy atom. The van der Waals surface area contributed by atoms with Crippen LogP contribution in [0.3, 0.4) is 0 Å². The maximum absolute atomic E-state index is 11.1. The van der Waals surface area contributed by atoms with E-state index in [-0.39, 0.29) is 32.7 Å². The van der Waals surface area contributed by atoms with Gasteiger partial charge in [0.2, 0.25) is 0 Å². The summed E-state index contributed by atoms with van der Waals surface area (Å²) in [6, 6.07) is -3.82. The van der Waals surface area contributed by atoms with Gasteiger partial charge in [0.25, 0.3) is 0 Å². The molecule has 3 saturated heterocycles. The van der Waals surface area contributed by atoms with Gasteiger partial charge >= 0.3 is 0 Å². The number of aliphatic hydroxyl groups is 7. The predicted molar refractivity (Wildman–Crippen MR) is 148 cm³/mol. The van der Waals surface area contributed by atoms with Crippen LogP contribution in [0.25, 0.3) is 0 Å². The van der Waals surface area contributed by atoms with E-state index in [1.807, 2.05) is 0 Å². The van der Waals surface area contributed by atoms with Crippen molar-refractivity contribution in [3.05, 3.63) is 0 Å². The van der Waals surface area contributed by atoms with Crippen molar-refractivity contribution in [2.24, 2.45) is 40.3 Å². The van der Waals surface area contributed by atoms with Gasteiger partial charge in [-0.15, -0.1) is 0 Å². The Hall–Kier alpha value is -0.760. The Balaban J connectivity index is 1.41. The molecule has 0 aromatic carbocycles. The van der Waals surface area contributed by atoms with Crippen molar-refractivity contribution >= 4 is 0 Å². The predicted octanol–water partition coefficient (Wildman–Crippen LogP) is -8.61. The summed E-state index contributed by atoms with van der Waals surface area (Å²) >= 11 is 0. The summed E-state index contributed by atoms with van der Waals surface area (Å²) in [7, 11) is 0. The quantitative estimate of drug-likeness (QED) is 0.0994. The monoisotopic (exact) mass is 642 g/mol. The van der Waals surface area contributed by atoms with Crippen LogP contribution < -0.4 is 34.4 Å². The lowest BCUT2D eigenvalue weighted by atomic mass is 9.84. The van der Waals surface area contributed by atoms with Crippen LogP contribution >= 0.6 is 0 Å². The summed E-state index contributed by atoms with van der Waals surface area (Å²) in [5.41, 5.74) is 35.7. The lowest BCUT2D eigenvalue weighted by molar-refractivity contribution is -0.306. The largest absolute Gasteiger partial charge is 0.394 e. The second-order valence-corrected chi connectivity index (χ2v) is 12.0. The van der Waals surface area contributed by atoms with Crippen molar-refractivity contribution in [3.8, 4) is 0 Å². The highest BCUT2D eigenvalue weighted by atomic mass is 16.7. The summed E-state index contributed by atoms with van der Waals surface area (Å²) in [6.07, 6.45) is -16.6. The Kier molecular flexibility index (Phi) is 12.7. The van der Waals surface area contributed by atoms with Gasteiger partial charge in [-0.1, -0.05) is 0 Å². The van der Waals surface area contributed by atoms with Gasteiger partial charge < -0.3 is 98.6 Å². The van der Waals surface area contributed by atoms with E-state index in [2.05, 4.69) is 0 Å². The summed E-state index contributed by atoms with van der Waals surface area (Å²) in [6.45, 7) is -0.980. The third kappa shape index (κ3) is 7.36. The zero-order valence-corrected chi connectivity index (χ0v) is 24.3. The summed E-state index contributed by atoms with van der Waals surface area (Å²) in [5, 5.41) is 72.9. The first-order valence-corrected chi connectivity index (χ1v) is 14.8. The highest BCUT2D eigenvalue weighted by molar-refractivity contribution is 5.02. The van der Waals surface area contributed by atoms with Crippen LogP contribution in [0.2, 0.25) is 0 Å². The van der Waals surface area contributed by atoms with Gasteiger partial charge in [-0.2, -0.15) is 0 Å². The average Bonchev–Trinajstić information content (AvgIpc) is 3.30. The van der Waals surface area contributed by atoms with E-state index < -0.39 is 123 Å². The van der Waals surface area contributed by atoms with Crippen LogP contribution in [-0.4, -0.2) is 179 Å². The molecule has 19 nitrogen and oxygen atoms in total. The van der Waals surface area contributed by atoms with Gasteiger partial charge in [-0.25, -0.2) is 0 Å². The highest BCUT2D eigenvalue weighted by Crippen LogP contribution is 2.34. The Morgan fingerprint density at radius 3 is 1.75 bits per heavy atom. The van der Waals surface area contributed by atoms with Crippen molar-refractivity contribution in [1.29, 1.82) is 0 Å². The fourth-order valence-corrected chi connectivity index (χ4v) is 6.19. The number of hydrogen-bond acceptors (Lipinski definition) is 19. The average molecular weight is 643 g/mol. The third-order valence-corrected chi connectivity index (χ3v) is 9.04. The molecule has 0 spiro atoms. The number of rotatable bonds is 11. The fourth-order valence-electron chi connectivity index (χ4n) is 6.19. The van der Waals surface area contributed by atoms with Crippen molar-refractivity contribution in [2.45, 2.75) is 116 Å². The molecule has 8 unspecified atom stereocenters. The van der Waals surface area contributed by atoms with E-state index in [0.717, 1.165) is 0 Å². The van der Waals surface area contributed by atoms with Crippen LogP contribution in [0, 0.1) is 5.92 Å². The minimum absolute atomic E-state index is 0.0534. The Bertz CT molecular complexity index is 899. The van der Waals surface area contributed by atoms with Gasteiger partial charge in [0.1, 0.15) is 48.8 Å². The Morgan fingerprint density at radius 1 is 0.568 bits per heavy atom. The van der Waals surface area contributed by atoms with Gasteiger partial charge in [0.05, 0.1) is 56.3 Å². The smallest absolute Gasteiger partial charge is 0.184 e. The molecule has 19 N–H and O–H groups in total. The molecule has 19 atom stereocenters. The van der Waals surface area contributed by atoms with Crippen LogP contribution in [-0.2, 0) is 28.4 Å². The number of nitrogens with two attached hydrogens (primary N) is 6. The Labute approximate surface area is 254 Å². The first-order chi connectivity index (χ1) is 20.8. The minimum atomic E-state index is -1.43. The molecule has 1 saturated carbocycles. The molecular formula is C25H50N6O13. The van der Waals surface area contributed by atoms with Gasteiger partial charge in [0.15, 0.2) is 12.6 Å². The van der Waals surface area contributed by atoms with E-state index in [1.54, 1.807) is 0 Å². The molecule has 0 aromatic heterocycles. The lowest BCUT2D eigenvalue weighted by Gasteiger charge is -2.47. The standard InChI is InChI=1S/C25H50N6O13/c26-2-10-18(35)20(37)14(30)13(40-10)6-39-5-7-12(4-32)42-25(16(7)33)44-23-17(34)8(28)1-9(29)22(23)43-24-15(31)21(38)19(36)11(3-27)41-24/h7-25,32-38H,1-6,26-31H2/t7-,8-,9-,10?,11+,12-,13?,14+,15-,16?,17+,18?,19?,20+,21+,22?,23?,24-,25?/m0/s1. The fraction of sp³-hybridized carbons (Fsp3) is 1.00. The molecule has 44 heavy (non-hydrogen) atoms. The number of aliphatic hydroxyl groups excluding tert-OH is 7. The molecule has 4 rings (SSSR count). The highest BCUT2D eigenvalue weighted by Gasteiger charge is 2.52. The second kappa shape index (κ2) is 15.4. The lowest BCUT2D eigenvalue weighted by Crippen LogP contribution is -2.68. The van der Waals surface area contributed by atoms with E-state index in [1.165, 1.54) is 0 Å². The van der Waals surface area contributed by atoms with Crippen molar-refractivity contribution in [3.63, 3.8) is 0 Å². The third-order valence-electron chi connectivity index (χ3n) is 9.04. The molecule has 0 aromatic rings.